The molecule has 1 rings (SSSR count). The molecule has 0 saturated carbocycles. The highest BCUT2D eigenvalue weighted by Crippen LogP contribution is 2.24. The van der Waals surface area contributed by atoms with Gasteiger partial charge in [0.1, 0.15) is 10.3 Å². The van der Waals surface area contributed by atoms with E-state index in [4.69, 9.17) is 5.73 Å². The molecule has 0 aromatic carbocycles. The van der Waals surface area contributed by atoms with Gasteiger partial charge >= 0.3 is 0 Å². The maximum Gasteiger partial charge on any atom is 0.249 e. The van der Waals surface area contributed by atoms with E-state index >= 15 is 0 Å². The second-order valence-corrected chi connectivity index (χ2v) is 6.79. The van der Waals surface area contributed by atoms with Crippen LogP contribution in [0.1, 0.15) is 12.8 Å². The first kappa shape index (κ1) is 12.9. The van der Waals surface area contributed by atoms with E-state index in [1.807, 2.05) is 0 Å². The lowest BCUT2D eigenvalue weighted by Gasteiger charge is -2.34. The summed E-state index contributed by atoms with van der Waals surface area (Å²) in [4.78, 5) is 10.9. The summed E-state index contributed by atoms with van der Waals surface area (Å²) in [7, 11) is -3.31. The van der Waals surface area contributed by atoms with Gasteiger partial charge in [0.2, 0.25) is 15.9 Å². The zero-order valence-electron chi connectivity index (χ0n) is 8.02. The molecule has 1 aliphatic rings. The zero-order valence-corrected chi connectivity index (χ0v) is 10.4. The summed E-state index contributed by atoms with van der Waals surface area (Å²) in [5, 5.41) is 9.70. The van der Waals surface area contributed by atoms with Crippen molar-refractivity contribution in [3.63, 3.8) is 0 Å². The predicted octanol–water partition coefficient (Wildman–Crippen LogP) is -1.02. The third-order valence-electron chi connectivity index (χ3n) is 2.54. The molecule has 8 heteroatoms. The molecule has 0 radical (unpaired) electrons. The minimum absolute atomic E-state index is 0.0502. The van der Waals surface area contributed by atoms with Crippen molar-refractivity contribution < 1.29 is 18.3 Å². The number of hydrogen-bond donors (Lipinski definition) is 2. The van der Waals surface area contributed by atoms with Crippen molar-refractivity contribution in [2.24, 2.45) is 5.73 Å². The van der Waals surface area contributed by atoms with Crippen LogP contribution in [-0.2, 0) is 14.8 Å². The molecule has 0 spiro atoms. The lowest BCUT2D eigenvalue weighted by atomic mass is 9.92. The van der Waals surface area contributed by atoms with Crippen LogP contribution in [0.3, 0.4) is 0 Å². The largest absolute Gasteiger partial charge is 0.380 e. The number of piperidine rings is 1. The number of rotatable bonds is 3. The predicted molar refractivity (Wildman–Crippen MR) is 57.7 cm³/mol. The number of nitrogens with two attached hydrogens (primary N) is 1. The molecule has 1 saturated heterocycles. The number of carbonyl (C=O) groups is 1. The van der Waals surface area contributed by atoms with Gasteiger partial charge in [0.15, 0.2) is 0 Å². The molecule has 15 heavy (non-hydrogen) atoms. The number of halogens is 1. The summed E-state index contributed by atoms with van der Waals surface area (Å²) in [6.07, 6.45) is 0.100. The molecule has 88 valence electrons. The van der Waals surface area contributed by atoms with Gasteiger partial charge < -0.3 is 10.8 Å². The van der Waals surface area contributed by atoms with Crippen LogP contribution >= 0.6 is 15.9 Å². The lowest BCUT2D eigenvalue weighted by Crippen LogP contribution is -2.53. The second kappa shape index (κ2) is 4.36. The maximum atomic E-state index is 11.4. The van der Waals surface area contributed by atoms with Gasteiger partial charge in [0.25, 0.3) is 0 Å². The fraction of sp³-hybridized carbons (Fsp3) is 0.857. The summed E-state index contributed by atoms with van der Waals surface area (Å²) in [5.74, 6) is -0.793. The minimum atomic E-state index is -3.31. The van der Waals surface area contributed by atoms with E-state index in [0.29, 0.717) is 0 Å². The Balaban J connectivity index is 2.68. The molecule has 0 aliphatic carbocycles. The molecule has 6 nitrogen and oxygen atoms in total. The van der Waals surface area contributed by atoms with Crippen LogP contribution in [0.4, 0.5) is 0 Å². The normalized spacial score (nSPS) is 22.5. The van der Waals surface area contributed by atoms with Crippen molar-refractivity contribution in [2.45, 2.75) is 18.4 Å². The smallest absolute Gasteiger partial charge is 0.249 e. The van der Waals surface area contributed by atoms with Crippen LogP contribution in [-0.4, -0.2) is 47.1 Å². The van der Waals surface area contributed by atoms with E-state index in [2.05, 4.69) is 15.9 Å². The van der Waals surface area contributed by atoms with Crippen LogP contribution in [0.2, 0.25) is 0 Å². The van der Waals surface area contributed by atoms with Gasteiger partial charge in [-0.1, -0.05) is 15.9 Å². The van der Waals surface area contributed by atoms with Crippen LogP contribution in [0, 0.1) is 0 Å². The Bertz CT molecular complexity index is 348. The highest BCUT2D eigenvalue weighted by Gasteiger charge is 2.40. The Hall–Kier alpha value is -0.180. The van der Waals surface area contributed by atoms with E-state index in [1.54, 1.807) is 0 Å². The topological polar surface area (TPSA) is 101 Å². The number of carbonyl (C=O) groups excluding carboxylic acids is 1. The van der Waals surface area contributed by atoms with E-state index < -0.39 is 21.5 Å². The minimum Gasteiger partial charge on any atom is -0.380 e. The Morgan fingerprint density at radius 1 is 1.47 bits per heavy atom. The number of sulfonamides is 1. The Morgan fingerprint density at radius 3 is 2.27 bits per heavy atom. The first-order valence-corrected chi connectivity index (χ1v) is 7.11. The first-order chi connectivity index (χ1) is 6.82. The fourth-order valence-corrected chi connectivity index (χ4v) is 3.20. The third-order valence-corrected chi connectivity index (χ3v) is 5.70. The molecule has 1 heterocycles. The Labute approximate surface area is 96.6 Å². The van der Waals surface area contributed by atoms with Gasteiger partial charge in [-0.2, -0.15) is 0 Å². The van der Waals surface area contributed by atoms with Gasteiger partial charge in [-0.15, -0.1) is 0 Å². The summed E-state index contributed by atoms with van der Waals surface area (Å²) >= 11 is 2.88. The van der Waals surface area contributed by atoms with Gasteiger partial charge in [-0.25, -0.2) is 12.7 Å². The van der Waals surface area contributed by atoms with Crippen LogP contribution < -0.4 is 5.73 Å². The highest BCUT2D eigenvalue weighted by atomic mass is 79.9. The molecule has 0 bridgehead atoms. The summed E-state index contributed by atoms with van der Waals surface area (Å²) in [5.41, 5.74) is 3.47. The average Bonchev–Trinajstić information content (AvgIpc) is 2.18. The molecule has 0 atom stereocenters. The number of aliphatic hydroxyl groups is 1. The van der Waals surface area contributed by atoms with Gasteiger partial charge in [0.05, 0.1) is 0 Å². The monoisotopic (exact) mass is 300 g/mol. The molecule has 1 fully saturated rings. The number of hydrogen-bond acceptors (Lipinski definition) is 4. The summed E-state index contributed by atoms with van der Waals surface area (Å²) < 4.78 is 23.9. The molecule has 3 N–H and O–H groups in total. The summed E-state index contributed by atoms with van der Waals surface area (Å²) in [6.45, 7) is 0.237. The SMILES string of the molecule is NC(=O)C1(O)CCN(S(=O)(=O)CBr)CC1. The van der Waals surface area contributed by atoms with Crippen molar-refractivity contribution in [2.75, 3.05) is 17.8 Å². The highest BCUT2D eigenvalue weighted by molar-refractivity contribution is 9.10. The number of amides is 1. The molecule has 1 aliphatic heterocycles. The van der Waals surface area contributed by atoms with Gasteiger partial charge in [-0.3, -0.25) is 4.79 Å². The molecular formula is C7H13BrN2O4S. The first-order valence-electron chi connectivity index (χ1n) is 4.38. The van der Waals surface area contributed by atoms with E-state index in [0.717, 1.165) is 0 Å². The Kier molecular flexibility index (Phi) is 3.75. The third kappa shape index (κ3) is 2.68. The van der Waals surface area contributed by atoms with Gasteiger partial charge in [-0.05, 0) is 12.8 Å². The summed E-state index contributed by atoms with van der Waals surface area (Å²) in [6, 6.07) is 0. The zero-order chi connectivity index (χ0) is 11.7. The van der Waals surface area contributed by atoms with Gasteiger partial charge in [0, 0.05) is 13.1 Å². The van der Waals surface area contributed by atoms with Crippen LogP contribution in [0.25, 0.3) is 0 Å². The van der Waals surface area contributed by atoms with Crippen molar-refractivity contribution in [3.8, 4) is 0 Å². The molecule has 0 aromatic heterocycles. The average molecular weight is 301 g/mol. The number of nitrogens with zero attached hydrogens (tertiary/aromatic N) is 1. The number of primary amides is 1. The van der Waals surface area contributed by atoms with Crippen LogP contribution in [0.5, 0.6) is 0 Å². The number of alkyl halides is 1. The standard InChI is InChI=1S/C7H13BrN2O4S/c8-5-15(13,14)10-3-1-7(12,2-4-10)6(9)11/h12H,1-5H2,(H2,9,11). The molecule has 1 amide bonds. The van der Waals surface area contributed by atoms with Crippen molar-refractivity contribution >= 4 is 31.9 Å². The van der Waals surface area contributed by atoms with Crippen LogP contribution in [0.15, 0.2) is 0 Å². The maximum absolute atomic E-state index is 11.4. The van der Waals surface area contributed by atoms with E-state index in [9.17, 15) is 18.3 Å². The van der Waals surface area contributed by atoms with E-state index in [1.165, 1.54) is 4.31 Å². The molecule has 0 aromatic rings. The van der Waals surface area contributed by atoms with Crippen molar-refractivity contribution in [1.29, 1.82) is 0 Å². The lowest BCUT2D eigenvalue weighted by molar-refractivity contribution is -0.139. The van der Waals surface area contributed by atoms with Crippen molar-refractivity contribution in [3.05, 3.63) is 0 Å². The molecular weight excluding hydrogens is 288 g/mol. The van der Waals surface area contributed by atoms with E-state index in [-0.39, 0.29) is 30.6 Å². The quantitative estimate of drug-likeness (QED) is 0.652. The second-order valence-electron chi connectivity index (χ2n) is 3.52. The van der Waals surface area contributed by atoms with Crippen molar-refractivity contribution in [1.82, 2.24) is 4.31 Å². The Morgan fingerprint density at radius 2 is 1.93 bits per heavy atom. The molecule has 0 unspecified atom stereocenters. The fourth-order valence-electron chi connectivity index (χ4n) is 1.45.